The molecule has 0 bridgehead atoms. The van der Waals surface area contributed by atoms with Crippen molar-refractivity contribution in [2.75, 3.05) is 19.6 Å². The van der Waals surface area contributed by atoms with Crippen molar-refractivity contribution in [1.29, 1.82) is 0 Å². The second kappa shape index (κ2) is 9.26. The highest BCUT2D eigenvalue weighted by Crippen LogP contribution is 2.28. The molecule has 5 nitrogen and oxygen atoms in total. The third-order valence-corrected chi connectivity index (χ3v) is 5.83. The maximum absolute atomic E-state index is 13.3. The summed E-state index contributed by atoms with van der Waals surface area (Å²) in [4.78, 5) is 15.2. The molecule has 2 heterocycles. The van der Waals surface area contributed by atoms with Gasteiger partial charge < -0.3 is 10.2 Å². The van der Waals surface area contributed by atoms with Gasteiger partial charge in [-0.3, -0.25) is 4.79 Å². The zero-order valence-electron chi connectivity index (χ0n) is 17.1. The van der Waals surface area contributed by atoms with Crippen molar-refractivity contribution in [3.8, 4) is 5.69 Å². The van der Waals surface area contributed by atoms with E-state index in [0.717, 1.165) is 49.8 Å². The van der Waals surface area contributed by atoms with E-state index in [1.165, 1.54) is 25.0 Å². The Morgan fingerprint density at radius 3 is 2.41 bits per heavy atom. The van der Waals surface area contributed by atoms with Crippen LogP contribution in [0.4, 0.5) is 4.39 Å². The summed E-state index contributed by atoms with van der Waals surface area (Å²) in [5, 5.41) is 8.12. The standard InChI is InChI=1S/C22H29FN4O.ClH/c1-15(2)21-20(14-25-27(21)19-7-5-17(23)6-8-19)22(28)26-11-9-18(10-12-26)24-13-16-3-4-16;/h5-8,14-16,18,24H,3-4,9-13H2,1-2H3;1H. The van der Waals surface area contributed by atoms with Gasteiger partial charge in [-0.15, -0.1) is 12.4 Å². The molecule has 1 aliphatic heterocycles. The van der Waals surface area contributed by atoms with Crippen LogP contribution in [0.5, 0.6) is 0 Å². The van der Waals surface area contributed by atoms with E-state index in [2.05, 4.69) is 24.3 Å². The van der Waals surface area contributed by atoms with Gasteiger partial charge >= 0.3 is 0 Å². The van der Waals surface area contributed by atoms with Crippen molar-refractivity contribution in [2.24, 2.45) is 5.92 Å². The van der Waals surface area contributed by atoms with Crippen molar-refractivity contribution in [2.45, 2.75) is 51.5 Å². The molecule has 0 atom stereocenters. The molecule has 1 saturated heterocycles. The summed E-state index contributed by atoms with van der Waals surface area (Å²) in [6.45, 7) is 6.80. The number of carbonyl (C=O) groups is 1. The van der Waals surface area contributed by atoms with Crippen LogP contribution in [-0.4, -0.2) is 46.3 Å². The Labute approximate surface area is 178 Å². The van der Waals surface area contributed by atoms with Crippen molar-refractivity contribution in [1.82, 2.24) is 20.0 Å². The van der Waals surface area contributed by atoms with Gasteiger partial charge in [0.25, 0.3) is 5.91 Å². The van der Waals surface area contributed by atoms with Crippen LogP contribution in [0, 0.1) is 11.7 Å². The topological polar surface area (TPSA) is 50.2 Å². The summed E-state index contributed by atoms with van der Waals surface area (Å²) in [5.41, 5.74) is 2.31. The highest BCUT2D eigenvalue weighted by Gasteiger charge is 2.29. The molecule has 2 fully saturated rings. The van der Waals surface area contributed by atoms with Crippen LogP contribution >= 0.6 is 12.4 Å². The Hall–Kier alpha value is -1.92. The lowest BCUT2D eigenvalue weighted by atomic mass is 10.0. The average molecular weight is 421 g/mol. The lowest BCUT2D eigenvalue weighted by Gasteiger charge is -2.32. The molecule has 0 radical (unpaired) electrons. The number of amides is 1. The number of nitrogens with one attached hydrogen (secondary N) is 1. The van der Waals surface area contributed by atoms with Crippen LogP contribution in [0.25, 0.3) is 5.69 Å². The Morgan fingerprint density at radius 1 is 1.17 bits per heavy atom. The highest BCUT2D eigenvalue weighted by atomic mass is 35.5. The minimum atomic E-state index is -0.281. The molecular weight excluding hydrogens is 391 g/mol. The van der Waals surface area contributed by atoms with Gasteiger partial charge in [-0.2, -0.15) is 5.10 Å². The Kier molecular flexibility index (Phi) is 6.96. The first-order chi connectivity index (χ1) is 13.5. The van der Waals surface area contributed by atoms with E-state index < -0.39 is 0 Å². The van der Waals surface area contributed by atoms with Crippen LogP contribution in [-0.2, 0) is 0 Å². The van der Waals surface area contributed by atoms with Crippen molar-refractivity contribution in [3.63, 3.8) is 0 Å². The number of likely N-dealkylation sites (tertiary alicyclic amines) is 1. The molecule has 2 aliphatic rings. The van der Waals surface area contributed by atoms with Gasteiger partial charge in [-0.1, -0.05) is 13.8 Å². The third-order valence-electron chi connectivity index (χ3n) is 5.83. The van der Waals surface area contributed by atoms with Crippen molar-refractivity contribution in [3.05, 3.63) is 47.5 Å². The summed E-state index contributed by atoms with van der Waals surface area (Å²) >= 11 is 0. The van der Waals surface area contributed by atoms with E-state index in [9.17, 15) is 9.18 Å². The number of carbonyl (C=O) groups excluding carboxylic acids is 1. The molecule has 1 N–H and O–H groups in total. The molecule has 1 aromatic heterocycles. The van der Waals surface area contributed by atoms with E-state index in [1.807, 2.05) is 4.90 Å². The van der Waals surface area contributed by atoms with Gasteiger partial charge in [0.15, 0.2) is 0 Å². The number of hydrogen-bond acceptors (Lipinski definition) is 3. The molecule has 1 aliphatic carbocycles. The molecule has 7 heteroatoms. The molecule has 2 aromatic rings. The molecule has 0 unspecified atom stereocenters. The van der Waals surface area contributed by atoms with E-state index in [-0.39, 0.29) is 30.0 Å². The number of nitrogens with zero attached hydrogens (tertiary/aromatic N) is 3. The van der Waals surface area contributed by atoms with Crippen molar-refractivity contribution >= 4 is 18.3 Å². The monoisotopic (exact) mass is 420 g/mol. The largest absolute Gasteiger partial charge is 0.338 e. The molecule has 29 heavy (non-hydrogen) atoms. The second-order valence-electron chi connectivity index (χ2n) is 8.40. The summed E-state index contributed by atoms with van der Waals surface area (Å²) < 4.78 is 15.0. The fourth-order valence-electron chi connectivity index (χ4n) is 3.98. The van der Waals surface area contributed by atoms with Crippen molar-refractivity contribution < 1.29 is 9.18 Å². The highest BCUT2D eigenvalue weighted by molar-refractivity contribution is 5.95. The first-order valence-electron chi connectivity index (χ1n) is 10.4. The average Bonchev–Trinajstić information content (AvgIpc) is 3.42. The smallest absolute Gasteiger partial charge is 0.257 e. The Morgan fingerprint density at radius 2 is 1.83 bits per heavy atom. The first-order valence-corrected chi connectivity index (χ1v) is 10.4. The molecule has 4 rings (SSSR count). The van der Waals surface area contributed by atoms with E-state index in [0.29, 0.717) is 11.6 Å². The van der Waals surface area contributed by atoms with E-state index >= 15 is 0 Å². The van der Waals surface area contributed by atoms with Crippen LogP contribution in [0.3, 0.4) is 0 Å². The van der Waals surface area contributed by atoms with E-state index in [4.69, 9.17) is 0 Å². The van der Waals surface area contributed by atoms with Crippen LogP contribution in [0.2, 0.25) is 0 Å². The maximum Gasteiger partial charge on any atom is 0.257 e. The predicted octanol–water partition coefficient (Wildman–Crippen LogP) is 4.16. The normalized spacial score (nSPS) is 17.4. The summed E-state index contributed by atoms with van der Waals surface area (Å²) in [5.74, 6) is 0.781. The summed E-state index contributed by atoms with van der Waals surface area (Å²) in [6, 6.07) is 6.75. The molecular formula is C22H30ClFN4O. The Balaban J connectivity index is 0.00000240. The molecule has 158 valence electrons. The molecule has 1 saturated carbocycles. The first kappa shape index (κ1) is 21.8. The van der Waals surface area contributed by atoms with Gasteiger partial charge in [-0.25, -0.2) is 9.07 Å². The molecule has 0 spiro atoms. The maximum atomic E-state index is 13.3. The minimum absolute atomic E-state index is 0. The predicted molar refractivity (Wildman–Crippen MR) is 115 cm³/mol. The second-order valence-corrected chi connectivity index (χ2v) is 8.40. The lowest BCUT2D eigenvalue weighted by molar-refractivity contribution is 0.0703. The Bertz CT molecular complexity index is 824. The number of hydrogen-bond donors (Lipinski definition) is 1. The zero-order chi connectivity index (χ0) is 19.7. The summed E-state index contributed by atoms with van der Waals surface area (Å²) in [7, 11) is 0. The number of benzene rings is 1. The van der Waals surface area contributed by atoms with Crippen LogP contribution < -0.4 is 5.32 Å². The van der Waals surface area contributed by atoms with Crippen LogP contribution in [0.15, 0.2) is 30.5 Å². The molecule has 1 aromatic carbocycles. The number of aromatic nitrogens is 2. The SMILES string of the molecule is CC(C)c1c(C(=O)N2CCC(NCC3CC3)CC2)cnn1-c1ccc(F)cc1.Cl. The minimum Gasteiger partial charge on any atom is -0.338 e. The fraction of sp³-hybridized carbons (Fsp3) is 0.545. The van der Waals surface area contributed by atoms with Gasteiger partial charge in [0.05, 0.1) is 23.1 Å². The number of halogens is 2. The van der Waals surface area contributed by atoms with Crippen LogP contribution in [0.1, 0.15) is 61.5 Å². The lowest BCUT2D eigenvalue weighted by Crippen LogP contribution is -2.45. The zero-order valence-corrected chi connectivity index (χ0v) is 17.9. The third kappa shape index (κ3) is 4.98. The number of piperidine rings is 1. The molecule has 1 amide bonds. The van der Waals surface area contributed by atoms with E-state index in [1.54, 1.807) is 23.0 Å². The van der Waals surface area contributed by atoms with Gasteiger partial charge in [0.2, 0.25) is 0 Å². The van der Waals surface area contributed by atoms with Gasteiger partial charge in [-0.05, 0) is 68.3 Å². The quantitative estimate of drug-likeness (QED) is 0.763. The summed E-state index contributed by atoms with van der Waals surface area (Å²) in [6.07, 6.45) is 6.39. The number of rotatable bonds is 6. The van der Waals surface area contributed by atoms with Gasteiger partial charge in [0, 0.05) is 19.1 Å². The fourth-order valence-corrected chi connectivity index (χ4v) is 3.98. The van der Waals surface area contributed by atoms with Gasteiger partial charge in [0.1, 0.15) is 5.82 Å².